The lowest BCUT2D eigenvalue weighted by atomic mass is 10.2. The fourth-order valence-corrected chi connectivity index (χ4v) is 2.23. The molecule has 0 aliphatic heterocycles. The maximum absolute atomic E-state index is 11.9. The van der Waals surface area contributed by atoms with Crippen LogP contribution in [0.5, 0.6) is 0 Å². The lowest BCUT2D eigenvalue weighted by Gasteiger charge is -2.06. The number of fused-ring (bicyclic) bond motifs is 1. The molecule has 6 nitrogen and oxygen atoms in total. The molecule has 1 aromatic heterocycles. The molecule has 114 valence electrons. The fourth-order valence-electron chi connectivity index (χ4n) is 2.23. The van der Waals surface area contributed by atoms with Gasteiger partial charge >= 0.3 is 6.09 Å². The molecule has 1 N–H and O–H groups in total. The molecule has 0 atom stereocenters. The Balaban J connectivity index is 1.72. The van der Waals surface area contributed by atoms with Gasteiger partial charge < -0.3 is 9.30 Å². The Morgan fingerprint density at radius 3 is 2.83 bits per heavy atom. The number of aromatic nitrogens is 2. The minimum atomic E-state index is -0.576. The fraction of sp³-hybridized carbons (Fsp3) is 0.118. The summed E-state index contributed by atoms with van der Waals surface area (Å²) in [5, 5.41) is 11.5. The molecule has 2 aromatic carbocycles. The molecule has 6 heteroatoms. The third-order valence-corrected chi connectivity index (χ3v) is 3.44. The molecule has 1 heterocycles. The lowest BCUT2D eigenvalue weighted by Crippen LogP contribution is -2.16. The van der Waals surface area contributed by atoms with E-state index in [1.807, 2.05) is 30.3 Å². The highest BCUT2D eigenvalue weighted by Crippen LogP contribution is 2.19. The molecule has 0 radical (unpaired) electrons. The number of hydrogen-bond acceptors (Lipinski definition) is 4. The second-order valence-corrected chi connectivity index (χ2v) is 5.00. The van der Waals surface area contributed by atoms with Crippen LogP contribution in [0.15, 0.2) is 48.5 Å². The molecular weight excluding hydrogens is 292 g/mol. The molecule has 0 saturated carbocycles. The van der Waals surface area contributed by atoms with E-state index in [0.29, 0.717) is 17.0 Å². The molecule has 0 aliphatic rings. The number of benzene rings is 2. The highest BCUT2D eigenvalue weighted by molar-refractivity contribution is 5.87. The van der Waals surface area contributed by atoms with Crippen molar-refractivity contribution >= 4 is 23.1 Å². The first-order valence-electron chi connectivity index (χ1n) is 7.01. The van der Waals surface area contributed by atoms with Crippen LogP contribution in [0.3, 0.4) is 0 Å². The zero-order chi connectivity index (χ0) is 16.2. The minimum Gasteiger partial charge on any atom is -0.444 e. The molecule has 0 unspecified atom stereocenters. The van der Waals surface area contributed by atoms with E-state index in [2.05, 4.69) is 16.4 Å². The zero-order valence-corrected chi connectivity index (χ0v) is 12.5. The smallest absolute Gasteiger partial charge is 0.414 e. The first kappa shape index (κ1) is 14.6. The Morgan fingerprint density at radius 1 is 1.30 bits per heavy atom. The van der Waals surface area contributed by atoms with Crippen LogP contribution in [-0.2, 0) is 18.4 Å². The Bertz CT molecular complexity index is 894. The number of aryl methyl sites for hydroxylation is 1. The van der Waals surface area contributed by atoms with E-state index < -0.39 is 6.09 Å². The maximum atomic E-state index is 11.9. The minimum absolute atomic E-state index is 0.190. The van der Waals surface area contributed by atoms with E-state index in [4.69, 9.17) is 10.00 Å². The molecule has 0 aliphatic carbocycles. The number of rotatable bonds is 3. The summed E-state index contributed by atoms with van der Waals surface area (Å²) in [4.78, 5) is 16.2. The van der Waals surface area contributed by atoms with Gasteiger partial charge in [-0.1, -0.05) is 30.3 Å². The average molecular weight is 306 g/mol. The van der Waals surface area contributed by atoms with Crippen molar-refractivity contribution in [2.45, 2.75) is 6.61 Å². The van der Waals surface area contributed by atoms with Crippen LogP contribution in [0.25, 0.3) is 11.0 Å². The summed E-state index contributed by atoms with van der Waals surface area (Å²) in [7, 11) is 1.79. The lowest BCUT2D eigenvalue weighted by molar-refractivity contribution is 0.155. The summed E-state index contributed by atoms with van der Waals surface area (Å²) in [5.41, 5.74) is 2.90. The zero-order valence-electron chi connectivity index (χ0n) is 12.5. The number of anilines is 1. The summed E-state index contributed by atoms with van der Waals surface area (Å²) in [5.74, 6) is 0.369. The summed E-state index contributed by atoms with van der Waals surface area (Å²) in [6.45, 7) is 0.190. The summed E-state index contributed by atoms with van der Waals surface area (Å²) >= 11 is 0. The van der Waals surface area contributed by atoms with Crippen molar-refractivity contribution in [1.29, 1.82) is 5.26 Å². The first-order chi connectivity index (χ1) is 11.2. The number of ether oxygens (including phenoxy) is 1. The molecule has 1 amide bonds. The number of carbonyl (C=O) groups is 1. The van der Waals surface area contributed by atoms with E-state index in [1.54, 1.807) is 29.8 Å². The van der Waals surface area contributed by atoms with Crippen LogP contribution in [0.2, 0.25) is 0 Å². The van der Waals surface area contributed by atoms with Gasteiger partial charge in [0.15, 0.2) is 0 Å². The molecule has 0 spiro atoms. The number of amides is 1. The predicted molar refractivity (Wildman–Crippen MR) is 85.7 cm³/mol. The third-order valence-electron chi connectivity index (χ3n) is 3.44. The molecule has 3 aromatic rings. The van der Waals surface area contributed by atoms with E-state index in [0.717, 1.165) is 11.1 Å². The first-order valence-corrected chi connectivity index (χ1v) is 7.01. The van der Waals surface area contributed by atoms with Crippen LogP contribution in [0.1, 0.15) is 11.1 Å². The van der Waals surface area contributed by atoms with Crippen LogP contribution >= 0.6 is 0 Å². The molecule has 23 heavy (non-hydrogen) atoms. The van der Waals surface area contributed by atoms with Gasteiger partial charge in [-0.15, -0.1) is 0 Å². The Kier molecular flexibility index (Phi) is 3.93. The van der Waals surface area contributed by atoms with Gasteiger partial charge in [0, 0.05) is 7.05 Å². The van der Waals surface area contributed by atoms with Crippen LogP contribution < -0.4 is 5.32 Å². The van der Waals surface area contributed by atoms with Crippen LogP contribution in [0.4, 0.5) is 10.7 Å². The highest BCUT2D eigenvalue weighted by atomic mass is 16.5. The Labute approximate surface area is 132 Å². The van der Waals surface area contributed by atoms with Gasteiger partial charge in [-0.3, -0.25) is 5.32 Å². The topological polar surface area (TPSA) is 79.9 Å². The van der Waals surface area contributed by atoms with E-state index in [-0.39, 0.29) is 6.61 Å². The number of carbonyl (C=O) groups excluding carboxylic acids is 1. The predicted octanol–water partition coefficient (Wildman–Crippen LogP) is 3.19. The van der Waals surface area contributed by atoms with Crippen molar-refractivity contribution in [1.82, 2.24) is 9.55 Å². The number of hydrogen-bond donors (Lipinski definition) is 1. The van der Waals surface area contributed by atoms with Crippen molar-refractivity contribution < 1.29 is 9.53 Å². The highest BCUT2D eigenvalue weighted by Gasteiger charge is 2.12. The van der Waals surface area contributed by atoms with Gasteiger partial charge in [-0.05, 0) is 23.8 Å². The monoisotopic (exact) mass is 306 g/mol. The number of nitriles is 1. The van der Waals surface area contributed by atoms with Gasteiger partial charge in [-0.2, -0.15) is 5.26 Å². The second kappa shape index (κ2) is 6.20. The van der Waals surface area contributed by atoms with Gasteiger partial charge in [-0.25, -0.2) is 9.78 Å². The normalized spacial score (nSPS) is 10.3. The van der Waals surface area contributed by atoms with Gasteiger partial charge in [0.25, 0.3) is 0 Å². The van der Waals surface area contributed by atoms with E-state index >= 15 is 0 Å². The number of imidazole rings is 1. The SMILES string of the molecule is Cn1c(NC(=O)OCc2ccccc2)nc2cc(C#N)ccc21. The maximum Gasteiger partial charge on any atom is 0.414 e. The Hall–Kier alpha value is -3.33. The second-order valence-electron chi connectivity index (χ2n) is 5.00. The van der Waals surface area contributed by atoms with Gasteiger partial charge in [0.05, 0.1) is 22.7 Å². The largest absolute Gasteiger partial charge is 0.444 e. The number of nitrogens with zero attached hydrogens (tertiary/aromatic N) is 3. The van der Waals surface area contributed by atoms with Crippen molar-refractivity contribution in [3.05, 3.63) is 59.7 Å². The quantitative estimate of drug-likeness (QED) is 0.806. The standard InChI is InChI=1S/C17H14N4O2/c1-21-15-8-7-13(10-18)9-14(15)19-16(21)20-17(22)23-11-12-5-3-2-4-6-12/h2-9H,11H2,1H3,(H,19,20,22). The molecular formula is C17H14N4O2. The molecule has 3 rings (SSSR count). The molecule has 0 saturated heterocycles. The van der Waals surface area contributed by atoms with Crippen molar-refractivity contribution in [3.8, 4) is 6.07 Å². The van der Waals surface area contributed by atoms with E-state index in [9.17, 15) is 4.79 Å². The Morgan fingerprint density at radius 2 is 2.09 bits per heavy atom. The van der Waals surface area contributed by atoms with Gasteiger partial charge in [0.2, 0.25) is 5.95 Å². The van der Waals surface area contributed by atoms with Crippen LogP contribution in [-0.4, -0.2) is 15.6 Å². The molecule has 0 bridgehead atoms. The van der Waals surface area contributed by atoms with Crippen molar-refractivity contribution in [3.63, 3.8) is 0 Å². The van der Waals surface area contributed by atoms with Gasteiger partial charge in [0.1, 0.15) is 6.61 Å². The van der Waals surface area contributed by atoms with E-state index in [1.165, 1.54) is 0 Å². The summed E-state index contributed by atoms with van der Waals surface area (Å²) in [6.07, 6.45) is -0.576. The summed E-state index contributed by atoms with van der Waals surface area (Å²) in [6, 6.07) is 16.7. The van der Waals surface area contributed by atoms with Crippen molar-refractivity contribution in [2.75, 3.05) is 5.32 Å². The number of nitrogens with one attached hydrogen (secondary N) is 1. The molecule has 0 fully saturated rings. The third kappa shape index (κ3) is 3.14. The average Bonchev–Trinajstić information content (AvgIpc) is 2.89. The van der Waals surface area contributed by atoms with Crippen LogP contribution in [0, 0.1) is 11.3 Å². The van der Waals surface area contributed by atoms with Crippen molar-refractivity contribution in [2.24, 2.45) is 7.05 Å². The summed E-state index contributed by atoms with van der Waals surface area (Å²) < 4.78 is 6.91.